The van der Waals surface area contributed by atoms with Gasteiger partial charge < -0.3 is 0 Å². The van der Waals surface area contributed by atoms with E-state index in [1.807, 2.05) is 0 Å². The second kappa shape index (κ2) is 12.2. The molecule has 0 N–H and O–H groups in total. The van der Waals surface area contributed by atoms with Gasteiger partial charge in [-0.3, -0.25) is 9.98 Å². The lowest BCUT2D eigenvalue weighted by molar-refractivity contribution is 1.13. The van der Waals surface area contributed by atoms with Gasteiger partial charge in [0.2, 0.25) is 0 Å². The van der Waals surface area contributed by atoms with Gasteiger partial charge in [-0.1, -0.05) is 73.5 Å². The van der Waals surface area contributed by atoms with Crippen LogP contribution in [0.1, 0.15) is 72.2 Å². The van der Waals surface area contributed by atoms with Gasteiger partial charge in [0.1, 0.15) is 0 Å². The van der Waals surface area contributed by atoms with E-state index in [4.69, 9.17) is 9.98 Å². The SMILES string of the molecule is CCc1cccc(C)c1-c1cc(C)cc(C)c1N=C(C)C(C)=Nc1c(C)cc(C)cc1-c1c(C)cccc1CC. The van der Waals surface area contributed by atoms with Gasteiger partial charge in [0.25, 0.3) is 0 Å². The standard InChI is InChI=1S/C38H44N2/c1-11-31-17-13-15-25(5)35(31)33-21-23(3)19-27(7)37(33)39-29(9)30(10)40-38-28(8)20-24(4)22-34(38)36-26(6)16-14-18-32(36)12-2/h13-22H,11-12H2,1-10H3. The first-order valence-electron chi connectivity index (χ1n) is 14.6. The Labute approximate surface area is 242 Å². The molecule has 4 aromatic rings. The van der Waals surface area contributed by atoms with Crippen molar-refractivity contribution in [3.8, 4) is 22.3 Å². The first-order chi connectivity index (χ1) is 19.0. The first kappa shape index (κ1) is 29.2. The van der Waals surface area contributed by atoms with E-state index in [-0.39, 0.29) is 0 Å². The van der Waals surface area contributed by atoms with Crippen LogP contribution in [-0.2, 0) is 12.8 Å². The average Bonchev–Trinajstić information content (AvgIpc) is 2.90. The monoisotopic (exact) mass is 528 g/mol. The molecule has 2 heteroatoms. The highest BCUT2D eigenvalue weighted by molar-refractivity contribution is 6.41. The molecule has 0 aromatic heterocycles. The molecule has 4 rings (SSSR count). The maximum absolute atomic E-state index is 5.28. The van der Waals surface area contributed by atoms with Gasteiger partial charge in [-0.15, -0.1) is 0 Å². The van der Waals surface area contributed by atoms with Crippen molar-refractivity contribution in [3.05, 3.63) is 105 Å². The summed E-state index contributed by atoms with van der Waals surface area (Å²) in [7, 11) is 0. The highest BCUT2D eigenvalue weighted by atomic mass is 14.8. The minimum absolute atomic E-state index is 0.936. The molecule has 0 atom stereocenters. The summed E-state index contributed by atoms with van der Waals surface area (Å²) in [6.45, 7) is 21.7. The van der Waals surface area contributed by atoms with Crippen LogP contribution in [0.15, 0.2) is 70.6 Å². The Morgan fingerprint density at radius 2 is 0.900 bits per heavy atom. The first-order valence-corrected chi connectivity index (χ1v) is 14.6. The zero-order chi connectivity index (χ0) is 29.1. The van der Waals surface area contributed by atoms with E-state index in [0.717, 1.165) is 35.6 Å². The van der Waals surface area contributed by atoms with Gasteiger partial charge in [0.15, 0.2) is 0 Å². The fourth-order valence-electron chi connectivity index (χ4n) is 5.91. The molecule has 0 saturated heterocycles. The van der Waals surface area contributed by atoms with Crippen molar-refractivity contribution >= 4 is 22.8 Å². The van der Waals surface area contributed by atoms with Crippen molar-refractivity contribution in [1.29, 1.82) is 0 Å². The largest absolute Gasteiger partial charge is 0.251 e. The third-order valence-corrected chi connectivity index (χ3v) is 7.99. The lowest BCUT2D eigenvalue weighted by atomic mass is 9.90. The number of hydrogen-bond donors (Lipinski definition) is 0. The third kappa shape index (κ3) is 5.87. The molecule has 0 unspecified atom stereocenters. The topological polar surface area (TPSA) is 24.7 Å². The minimum Gasteiger partial charge on any atom is -0.251 e. The fraction of sp³-hybridized carbons (Fsp3) is 0.316. The normalized spacial score (nSPS) is 12.2. The van der Waals surface area contributed by atoms with E-state index in [9.17, 15) is 0 Å². The van der Waals surface area contributed by atoms with Crippen LogP contribution in [0.3, 0.4) is 0 Å². The summed E-state index contributed by atoms with van der Waals surface area (Å²) in [6.07, 6.45) is 1.97. The van der Waals surface area contributed by atoms with Crippen LogP contribution < -0.4 is 0 Å². The zero-order valence-corrected chi connectivity index (χ0v) is 26.1. The molecule has 0 aliphatic rings. The van der Waals surface area contributed by atoms with Crippen LogP contribution in [0.5, 0.6) is 0 Å². The Hall–Kier alpha value is -3.78. The summed E-state index contributed by atoms with van der Waals surface area (Å²) in [5.74, 6) is 0. The van der Waals surface area contributed by atoms with Crippen LogP contribution in [-0.4, -0.2) is 11.4 Å². The smallest absolute Gasteiger partial charge is 0.0741 e. The number of benzene rings is 4. The summed E-state index contributed by atoms with van der Waals surface area (Å²) in [6, 6.07) is 22.3. The Morgan fingerprint density at radius 3 is 1.25 bits per heavy atom. The molecular weight excluding hydrogens is 484 g/mol. The van der Waals surface area contributed by atoms with E-state index in [0.29, 0.717) is 0 Å². The predicted molar refractivity (Wildman–Crippen MR) is 176 cm³/mol. The lowest BCUT2D eigenvalue weighted by Gasteiger charge is -2.18. The summed E-state index contributed by atoms with van der Waals surface area (Å²) in [4.78, 5) is 10.6. The van der Waals surface area contributed by atoms with Crippen LogP contribution in [0.2, 0.25) is 0 Å². The summed E-state index contributed by atoms with van der Waals surface area (Å²) < 4.78 is 0. The van der Waals surface area contributed by atoms with E-state index in [2.05, 4.69) is 130 Å². The molecule has 0 aliphatic heterocycles. The van der Waals surface area contributed by atoms with Gasteiger partial charge in [-0.25, -0.2) is 0 Å². The molecule has 2 nitrogen and oxygen atoms in total. The summed E-state index contributed by atoms with van der Waals surface area (Å²) in [5.41, 5.74) is 19.1. The Balaban J connectivity index is 1.91. The highest BCUT2D eigenvalue weighted by Gasteiger charge is 2.17. The lowest BCUT2D eigenvalue weighted by Crippen LogP contribution is -2.06. The van der Waals surface area contributed by atoms with Crippen molar-refractivity contribution in [3.63, 3.8) is 0 Å². The maximum Gasteiger partial charge on any atom is 0.0741 e. The van der Waals surface area contributed by atoms with E-state index >= 15 is 0 Å². The second-order valence-corrected chi connectivity index (χ2v) is 11.3. The number of hydrogen-bond acceptors (Lipinski definition) is 2. The van der Waals surface area contributed by atoms with Gasteiger partial charge in [0.05, 0.1) is 22.8 Å². The van der Waals surface area contributed by atoms with Crippen molar-refractivity contribution in [2.45, 2.75) is 82.1 Å². The molecule has 0 heterocycles. The Bertz CT molecular complexity index is 1510. The number of aliphatic imine (C=N–C) groups is 2. The number of aryl methyl sites for hydroxylation is 8. The predicted octanol–water partition coefficient (Wildman–Crippen LogP) is 10.9. The molecule has 0 radical (unpaired) electrons. The molecule has 0 bridgehead atoms. The minimum atomic E-state index is 0.936. The molecule has 4 aromatic carbocycles. The molecule has 0 amide bonds. The van der Waals surface area contributed by atoms with Crippen LogP contribution in [0, 0.1) is 41.5 Å². The quantitative estimate of drug-likeness (QED) is 0.213. The fourth-order valence-corrected chi connectivity index (χ4v) is 5.91. The van der Waals surface area contributed by atoms with Crippen LogP contribution >= 0.6 is 0 Å². The molecule has 0 aliphatic carbocycles. The second-order valence-electron chi connectivity index (χ2n) is 11.3. The van der Waals surface area contributed by atoms with Gasteiger partial charge in [-0.2, -0.15) is 0 Å². The highest BCUT2D eigenvalue weighted by Crippen LogP contribution is 2.40. The van der Waals surface area contributed by atoms with Crippen molar-refractivity contribution < 1.29 is 0 Å². The summed E-state index contributed by atoms with van der Waals surface area (Å²) in [5, 5.41) is 0. The summed E-state index contributed by atoms with van der Waals surface area (Å²) >= 11 is 0. The third-order valence-electron chi connectivity index (χ3n) is 7.99. The van der Waals surface area contributed by atoms with E-state index in [1.54, 1.807) is 0 Å². The zero-order valence-electron chi connectivity index (χ0n) is 26.1. The molecule has 0 saturated carbocycles. The van der Waals surface area contributed by atoms with Crippen molar-refractivity contribution in [2.24, 2.45) is 9.98 Å². The molecular formula is C38H44N2. The van der Waals surface area contributed by atoms with Crippen LogP contribution in [0.25, 0.3) is 22.3 Å². The maximum atomic E-state index is 5.28. The Morgan fingerprint density at radius 1 is 0.525 bits per heavy atom. The van der Waals surface area contributed by atoms with Gasteiger partial charge in [0, 0.05) is 11.1 Å². The molecule has 40 heavy (non-hydrogen) atoms. The molecule has 206 valence electrons. The van der Waals surface area contributed by atoms with Crippen molar-refractivity contribution in [1.82, 2.24) is 0 Å². The van der Waals surface area contributed by atoms with Crippen molar-refractivity contribution in [2.75, 3.05) is 0 Å². The van der Waals surface area contributed by atoms with Gasteiger partial charge in [-0.05, 0) is 125 Å². The molecule has 0 fully saturated rings. The van der Waals surface area contributed by atoms with E-state index in [1.165, 1.54) is 66.8 Å². The number of nitrogens with zero attached hydrogens (tertiary/aromatic N) is 2. The van der Waals surface area contributed by atoms with Crippen LogP contribution in [0.4, 0.5) is 11.4 Å². The van der Waals surface area contributed by atoms with E-state index < -0.39 is 0 Å². The average molecular weight is 529 g/mol. The molecule has 0 spiro atoms. The Kier molecular flexibility index (Phi) is 8.88. The number of rotatable bonds is 7. The van der Waals surface area contributed by atoms with Gasteiger partial charge >= 0.3 is 0 Å².